The smallest absolute Gasteiger partial charge is 0.193 e. The van der Waals surface area contributed by atoms with Crippen LogP contribution in [0.4, 0.5) is 4.39 Å². The highest BCUT2D eigenvalue weighted by Crippen LogP contribution is 2.25. The molecule has 1 aliphatic rings. The number of hydrogen-bond donors (Lipinski definition) is 0. The maximum atomic E-state index is 13.3. The molecule has 4 aromatic rings. The van der Waals surface area contributed by atoms with Gasteiger partial charge in [0.15, 0.2) is 5.89 Å². The standard InChI is InChI=1S/C10H20FN.C10H16N2.2C9H14N2.C8H13NO.C7H17N/c1-9(2)4-6-12-7-5-10(3,11)8-12;1-8(2)4-5-10-11-6-9(3)7-12-10;1-7(2)4-9-5-10-8(3)11-6-9;1-7(2)4-9-10-5-8(3)6-11-9;1-7(2)3-4-8-9-5-6-10-8;1-7(2)5-6-8(3)4/h9H,4-8H2,1-3H3;6-8H,4-5H2,1-3H3;2*5-7H,4H2,1-3H3;5-7H,3-4H2,1-2H3;7H,5-6H2,1-4H3. The first kappa shape index (κ1) is 60.3. The van der Waals surface area contributed by atoms with Crippen LogP contribution >= 0.6 is 0 Å². The fraction of sp³-hybridized carbons (Fsp3) is 0.717. The van der Waals surface area contributed by atoms with Gasteiger partial charge in [-0.15, -0.1) is 0 Å². The number of halogens is 1. The molecule has 5 heterocycles. The summed E-state index contributed by atoms with van der Waals surface area (Å²) in [6.45, 7) is 38.0. The number of rotatable bonds is 16. The molecule has 1 atom stereocenters. The minimum atomic E-state index is -0.920. The number of likely N-dealkylation sites (tertiary alicyclic amines) is 1. The Labute approximate surface area is 392 Å². The van der Waals surface area contributed by atoms with Crippen molar-refractivity contribution in [1.82, 2.24) is 44.7 Å². The van der Waals surface area contributed by atoms with Gasteiger partial charge in [-0.2, -0.15) is 0 Å². The summed E-state index contributed by atoms with van der Waals surface area (Å²) in [5, 5.41) is 0. The van der Waals surface area contributed by atoms with Gasteiger partial charge in [0.25, 0.3) is 0 Å². The summed E-state index contributed by atoms with van der Waals surface area (Å²) in [5.74, 6) is 7.97. The molecule has 10 nitrogen and oxygen atoms in total. The molecule has 0 N–H and O–H groups in total. The van der Waals surface area contributed by atoms with Gasteiger partial charge in [0, 0.05) is 69.5 Å². The molecular weight excluding hydrogens is 798 g/mol. The zero-order valence-electron chi connectivity index (χ0n) is 44.1. The normalized spacial score (nSPS) is 14.7. The first-order valence-electron chi connectivity index (χ1n) is 24.2. The predicted octanol–water partition coefficient (Wildman–Crippen LogP) is 12.7. The van der Waals surface area contributed by atoms with Crippen LogP contribution in [0.1, 0.15) is 162 Å². The van der Waals surface area contributed by atoms with Crippen LogP contribution in [-0.2, 0) is 25.7 Å². The molecular formula is C53H94FN9O. The number of alkyl halides is 1. The fourth-order valence-corrected chi connectivity index (χ4v) is 5.80. The van der Waals surface area contributed by atoms with Gasteiger partial charge in [0.2, 0.25) is 0 Å². The zero-order chi connectivity index (χ0) is 48.7. The van der Waals surface area contributed by atoms with Crippen LogP contribution < -0.4 is 0 Å². The van der Waals surface area contributed by atoms with Crippen LogP contribution in [-0.4, -0.2) is 90.6 Å². The molecule has 0 amide bonds. The van der Waals surface area contributed by atoms with Crippen molar-refractivity contribution in [1.29, 1.82) is 0 Å². The van der Waals surface area contributed by atoms with E-state index in [4.69, 9.17) is 4.42 Å². The van der Waals surface area contributed by atoms with Crippen molar-refractivity contribution in [3.05, 3.63) is 89.7 Å². The Bertz CT molecular complexity index is 1580. The van der Waals surface area contributed by atoms with Gasteiger partial charge in [-0.25, -0.2) is 39.3 Å². The predicted molar refractivity (Wildman–Crippen MR) is 268 cm³/mol. The third kappa shape index (κ3) is 36.6. The molecule has 0 bridgehead atoms. The third-order valence-corrected chi connectivity index (χ3v) is 9.78. The van der Waals surface area contributed by atoms with Crippen molar-refractivity contribution < 1.29 is 8.81 Å². The van der Waals surface area contributed by atoms with Gasteiger partial charge in [0.05, 0.1) is 6.20 Å². The molecule has 4 aromatic heterocycles. The number of aromatic nitrogens is 7. The molecule has 5 rings (SSSR count). The summed E-state index contributed by atoms with van der Waals surface area (Å²) >= 11 is 0. The van der Waals surface area contributed by atoms with Crippen LogP contribution in [0.3, 0.4) is 0 Å². The highest BCUT2D eigenvalue weighted by molar-refractivity contribution is 5.05. The van der Waals surface area contributed by atoms with E-state index in [1.54, 1.807) is 19.4 Å². The Balaban J connectivity index is 0.000000748. The summed E-state index contributed by atoms with van der Waals surface area (Å²) in [6.07, 6.45) is 24.2. The topological polar surface area (TPSA) is 110 Å². The molecule has 1 unspecified atom stereocenters. The lowest BCUT2D eigenvalue weighted by molar-refractivity contribution is 0.186. The molecule has 1 fully saturated rings. The van der Waals surface area contributed by atoms with E-state index in [1.165, 1.54) is 31.4 Å². The molecule has 64 heavy (non-hydrogen) atoms. The zero-order valence-corrected chi connectivity index (χ0v) is 44.1. The number of nitrogens with zero attached hydrogens (tertiary/aromatic N) is 9. The van der Waals surface area contributed by atoms with E-state index >= 15 is 0 Å². The molecule has 364 valence electrons. The van der Waals surface area contributed by atoms with Crippen molar-refractivity contribution in [2.24, 2.45) is 35.5 Å². The largest absolute Gasteiger partial charge is 0.449 e. The molecule has 0 aliphatic carbocycles. The highest BCUT2D eigenvalue weighted by Gasteiger charge is 2.32. The van der Waals surface area contributed by atoms with Gasteiger partial charge >= 0.3 is 0 Å². The van der Waals surface area contributed by atoms with Crippen molar-refractivity contribution in [2.45, 2.75) is 174 Å². The second-order valence-electron chi connectivity index (χ2n) is 20.6. The van der Waals surface area contributed by atoms with Crippen molar-refractivity contribution in [2.75, 3.05) is 40.3 Å². The summed E-state index contributed by atoms with van der Waals surface area (Å²) < 4.78 is 18.4. The average Bonchev–Trinajstić information content (AvgIpc) is 3.87. The first-order chi connectivity index (χ1) is 30.0. The Hall–Kier alpha value is -3.70. The molecule has 1 aliphatic heterocycles. The van der Waals surface area contributed by atoms with Gasteiger partial charge < -0.3 is 14.2 Å². The summed E-state index contributed by atoms with van der Waals surface area (Å²) in [5.41, 5.74) is 2.56. The SMILES string of the molecule is CC(C)CCN(C)C.CC(C)CCN1CCC(C)(F)C1.CC(C)CCc1ncco1.Cc1cnc(CC(C)C)nc1.Cc1cnc(CCC(C)C)nc1.Cc1ncc(CC(C)C)cn1. The van der Waals surface area contributed by atoms with E-state index in [0.29, 0.717) is 24.8 Å². The highest BCUT2D eigenvalue weighted by atomic mass is 19.1. The number of aryl methyl sites for hydroxylation is 5. The summed E-state index contributed by atoms with van der Waals surface area (Å²) in [7, 11) is 4.23. The molecule has 1 saturated heterocycles. The van der Waals surface area contributed by atoms with E-state index in [-0.39, 0.29) is 0 Å². The lowest BCUT2D eigenvalue weighted by Gasteiger charge is -2.17. The average molecular weight is 892 g/mol. The maximum Gasteiger partial charge on any atom is 0.193 e. The fourth-order valence-electron chi connectivity index (χ4n) is 5.80. The van der Waals surface area contributed by atoms with Crippen LogP contribution in [0.25, 0.3) is 0 Å². The van der Waals surface area contributed by atoms with Gasteiger partial charge in [-0.05, 0) is 146 Å². The quantitative estimate of drug-likeness (QED) is 0.108. The Kier molecular flexibility index (Phi) is 32.6. The molecule has 0 radical (unpaired) electrons. The first-order valence-corrected chi connectivity index (χ1v) is 24.2. The van der Waals surface area contributed by atoms with Crippen molar-refractivity contribution >= 4 is 0 Å². The maximum absolute atomic E-state index is 13.3. The van der Waals surface area contributed by atoms with Crippen molar-refractivity contribution in [3.8, 4) is 0 Å². The Morgan fingerprint density at radius 2 is 1.09 bits per heavy atom. The van der Waals surface area contributed by atoms with Gasteiger partial charge in [-0.3, -0.25) is 0 Å². The van der Waals surface area contributed by atoms with E-state index in [9.17, 15) is 4.39 Å². The number of hydrogen-bond acceptors (Lipinski definition) is 10. The van der Waals surface area contributed by atoms with Crippen molar-refractivity contribution in [3.63, 3.8) is 0 Å². The monoisotopic (exact) mass is 892 g/mol. The molecule has 0 aromatic carbocycles. The summed E-state index contributed by atoms with van der Waals surface area (Å²) in [6, 6.07) is 0. The van der Waals surface area contributed by atoms with Crippen LogP contribution in [0, 0.1) is 56.3 Å². The van der Waals surface area contributed by atoms with E-state index in [0.717, 1.165) is 103 Å². The van der Waals surface area contributed by atoms with Gasteiger partial charge in [0.1, 0.15) is 29.4 Å². The van der Waals surface area contributed by atoms with E-state index in [2.05, 4.69) is 142 Å². The van der Waals surface area contributed by atoms with Gasteiger partial charge in [-0.1, -0.05) is 83.1 Å². The van der Waals surface area contributed by atoms with Crippen LogP contribution in [0.15, 0.2) is 54.1 Å². The second kappa shape index (κ2) is 34.6. The lowest BCUT2D eigenvalue weighted by atomic mass is 10.1. The minimum Gasteiger partial charge on any atom is -0.449 e. The summed E-state index contributed by atoms with van der Waals surface area (Å²) in [4.78, 5) is 33.6. The second-order valence-corrected chi connectivity index (χ2v) is 20.6. The lowest BCUT2D eigenvalue weighted by Crippen LogP contribution is -2.27. The van der Waals surface area contributed by atoms with E-state index < -0.39 is 5.67 Å². The third-order valence-electron chi connectivity index (χ3n) is 9.78. The van der Waals surface area contributed by atoms with Crippen LogP contribution in [0.5, 0.6) is 0 Å². The number of oxazole rings is 1. The van der Waals surface area contributed by atoms with E-state index in [1.807, 2.05) is 58.0 Å². The molecule has 0 spiro atoms. The Morgan fingerprint density at radius 3 is 1.48 bits per heavy atom. The minimum absolute atomic E-state index is 0.637. The Morgan fingerprint density at radius 1 is 0.609 bits per heavy atom. The molecule has 11 heteroatoms. The van der Waals surface area contributed by atoms with Crippen LogP contribution in [0.2, 0.25) is 0 Å². The molecule has 0 saturated carbocycles.